The van der Waals surface area contributed by atoms with E-state index in [4.69, 9.17) is 4.74 Å². The van der Waals surface area contributed by atoms with E-state index >= 15 is 0 Å². The molecule has 0 aliphatic carbocycles. The van der Waals surface area contributed by atoms with Crippen LogP contribution in [0.2, 0.25) is 0 Å². The van der Waals surface area contributed by atoms with E-state index in [9.17, 15) is 13.6 Å². The molecular weight excluding hydrogens is 226 g/mol. The molecule has 0 atom stereocenters. The quantitative estimate of drug-likeness (QED) is 0.734. The second-order valence-electron chi connectivity index (χ2n) is 3.65. The topological polar surface area (TPSA) is 26.3 Å². The van der Waals surface area contributed by atoms with Crippen molar-refractivity contribution in [2.45, 2.75) is 33.6 Å². The van der Waals surface area contributed by atoms with Crippen LogP contribution in [-0.2, 0) is 6.42 Å². The van der Waals surface area contributed by atoms with Gasteiger partial charge in [-0.2, -0.15) is 0 Å². The van der Waals surface area contributed by atoms with E-state index in [1.807, 2.05) is 6.92 Å². The van der Waals surface area contributed by atoms with Gasteiger partial charge in [-0.25, -0.2) is 8.78 Å². The fourth-order valence-electron chi connectivity index (χ4n) is 1.81. The summed E-state index contributed by atoms with van der Waals surface area (Å²) in [5, 5.41) is 0. The molecule has 2 nitrogen and oxygen atoms in total. The van der Waals surface area contributed by atoms with Crippen molar-refractivity contribution in [2.75, 3.05) is 6.61 Å². The second-order valence-corrected chi connectivity index (χ2v) is 3.65. The summed E-state index contributed by atoms with van der Waals surface area (Å²) in [4.78, 5) is 11.4. The van der Waals surface area contributed by atoms with E-state index in [2.05, 4.69) is 0 Å². The average molecular weight is 242 g/mol. The van der Waals surface area contributed by atoms with Crippen LogP contribution in [0.25, 0.3) is 0 Å². The van der Waals surface area contributed by atoms with Gasteiger partial charge in [-0.15, -0.1) is 0 Å². The minimum Gasteiger partial charge on any atom is -0.493 e. The van der Waals surface area contributed by atoms with Crippen molar-refractivity contribution >= 4 is 5.78 Å². The van der Waals surface area contributed by atoms with Crippen LogP contribution in [0.15, 0.2) is 12.1 Å². The summed E-state index contributed by atoms with van der Waals surface area (Å²) in [6.45, 7) is 5.27. The van der Waals surface area contributed by atoms with Gasteiger partial charge in [0.15, 0.2) is 5.78 Å². The largest absolute Gasteiger partial charge is 0.493 e. The van der Waals surface area contributed by atoms with Crippen molar-refractivity contribution in [3.63, 3.8) is 0 Å². The molecule has 0 aromatic heterocycles. The molecule has 1 rings (SSSR count). The predicted molar refractivity (Wildman–Crippen MR) is 62.0 cm³/mol. The summed E-state index contributed by atoms with van der Waals surface area (Å²) in [5.41, 5.74) is 0.881. The Bertz CT molecular complexity index is 414. The normalized spacial score (nSPS) is 10.7. The zero-order chi connectivity index (χ0) is 13.0. The third-order valence-electron chi connectivity index (χ3n) is 2.55. The Morgan fingerprint density at radius 1 is 1.35 bits per heavy atom. The number of hydrogen-bond acceptors (Lipinski definition) is 2. The van der Waals surface area contributed by atoms with Crippen LogP contribution in [0.1, 0.15) is 48.7 Å². The van der Waals surface area contributed by atoms with Crippen molar-refractivity contribution in [1.82, 2.24) is 0 Å². The average Bonchev–Trinajstić information content (AvgIpc) is 2.28. The Morgan fingerprint density at radius 2 is 2.00 bits per heavy atom. The Balaban J connectivity index is 3.43. The summed E-state index contributed by atoms with van der Waals surface area (Å²) in [6, 6.07) is 2.72. The summed E-state index contributed by atoms with van der Waals surface area (Å²) < 4.78 is 30.9. The van der Waals surface area contributed by atoms with Gasteiger partial charge in [0.25, 0.3) is 6.43 Å². The number of halogens is 2. The van der Waals surface area contributed by atoms with Gasteiger partial charge in [0, 0.05) is 11.1 Å². The zero-order valence-corrected chi connectivity index (χ0v) is 10.2. The number of alkyl halides is 2. The number of hydrogen-bond donors (Lipinski definition) is 0. The molecule has 0 fully saturated rings. The van der Waals surface area contributed by atoms with Crippen LogP contribution < -0.4 is 4.74 Å². The highest BCUT2D eigenvalue weighted by atomic mass is 19.3. The lowest BCUT2D eigenvalue weighted by atomic mass is 9.97. The Morgan fingerprint density at radius 3 is 2.41 bits per heavy atom. The molecule has 1 aromatic rings. The number of ketones is 1. The SMILES string of the molecule is CCOc1c(C(F)F)ccc(C(C)=O)c1CC. The van der Waals surface area contributed by atoms with Gasteiger partial charge in [0.05, 0.1) is 12.2 Å². The Hall–Kier alpha value is -1.45. The minimum atomic E-state index is -2.59. The van der Waals surface area contributed by atoms with Gasteiger partial charge in [-0.1, -0.05) is 13.0 Å². The van der Waals surface area contributed by atoms with Gasteiger partial charge < -0.3 is 4.74 Å². The molecule has 94 valence electrons. The molecule has 0 aliphatic heterocycles. The van der Waals surface area contributed by atoms with Crippen LogP contribution in [0.3, 0.4) is 0 Å². The molecule has 0 saturated carbocycles. The van der Waals surface area contributed by atoms with Crippen LogP contribution in [0, 0.1) is 0 Å². The highest BCUT2D eigenvalue weighted by Gasteiger charge is 2.20. The lowest BCUT2D eigenvalue weighted by Crippen LogP contribution is -2.06. The van der Waals surface area contributed by atoms with E-state index in [1.165, 1.54) is 19.1 Å². The maximum Gasteiger partial charge on any atom is 0.267 e. The molecule has 0 N–H and O–H groups in total. The predicted octanol–water partition coefficient (Wildman–Crippen LogP) is 3.79. The van der Waals surface area contributed by atoms with Crippen LogP contribution in [-0.4, -0.2) is 12.4 Å². The van der Waals surface area contributed by atoms with Crippen molar-refractivity contribution in [3.8, 4) is 5.75 Å². The standard InChI is InChI=1S/C13H16F2O2/c1-4-9-10(8(3)16)6-7-11(13(14)15)12(9)17-5-2/h6-7,13H,4-5H2,1-3H3. The molecule has 0 amide bonds. The van der Waals surface area contributed by atoms with Gasteiger partial charge >= 0.3 is 0 Å². The van der Waals surface area contributed by atoms with E-state index in [-0.39, 0.29) is 17.1 Å². The third kappa shape index (κ3) is 2.81. The first-order chi connectivity index (χ1) is 8.02. The number of benzene rings is 1. The van der Waals surface area contributed by atoms with Gasteiger partial charge in [-0.05, 0) is 26.3 Å². The van der Waals surface area contributed by atoms with Gasteiger partial charge in [0.1, 0.15) is 5.75 Å². The second kappa shape index (κ2) is 5.75. The smallest absolute Gasteiger partial charge is 0.267 e. The number of rotatable bonds is 5. The van der Waals surface area contributed by atoms with Crippen LogP contribution in [0.4, 0.5) is 8.78 Å². The molecular formula is C13H16F2O2. The van der Waals surface area contributed by atoms with Crippen molar-refractivity contribution < 1.29 is 18.3 Å². The Kier molecular flexibility index (Phi) is 4.61. The molecule has 0 heterocycles. The number of ether oxygens (including phenoxy) is 1. The summed E-state index contributed by atoms with van der Waals surface area (Å²) in [6.07, 6.45) is -2.10. The first-order valence-corrected chi connectivity index (χ1v) is 5.60. The molecule has 0 spiro atoms. The maximum atomic E-state index is 12.8. The van der Waals surface area contributed by atoms with E-state index in [0.29, 0.717) is 24.2 Å². The molecule has 1 aromatic carbocycles. The highest BCUT2D eigenvalue weighted by Crippen LogP contribution is 2.34. The van der Waals surface area contributed by atoms with Crippen molar-refractivity contribution in [3.05, 3.63) is 28.8 Å². The van der Waals surface area contributed by atoms with Crippen LogP contribution in [0.5, 0.6) is 5.75 Å². The zero-order valence-electron chi connectivity index (χ0n) is 10.2. The summed E-state index contributed by atoms with van der Waals surface area (Å²) in [5.74, 6) is 0.0290. The first-order valence-electron chi connectivity index (χ1n) is 5.60. The molecule has 17 heavy (non-hydrogen) atoms. The molecule has 0 unspecified atom stereocenters. The fourth-order valence-corrected chi connectivity index (χ4v) is 1.81. The van der Waals surface area contributed by atoms with E-state index in [0.717, 1.165) is 0 Å². The van der Waals surface area contributed by atoms with E-state index < -0.39 is 6.43 Å². The summed E-state index contributed by atoms with van der Waals surface area (Å²) >= 11 is 0. The Labute approximate surface area is 99.6 Å². The number of carbonyl (C=O) groups is 1. The maximum absolute atomic E-state index is 12.8. The first kappa shape index (κ1) is 13.6. The van der Waals surface area contributed by atoms with E-state index in [1.54, 1.807) is 6.92 Å². The fraction of sp³-hybridized carbons (Fsp3) is 0.462. The van der Waals surface area contributed by atoms with Crippen molar-refractivity contribution in [2.24, 2.45) is 0 Å². The minimum absolute atomic E-state index is 0.136. The number of carbonyl (C=O) groups excluding carboxylic acids is 1. The van der Waals surface area contributed by atoms with Gasteiger partial charge in [-0.3, -0.25) is 4.79 Å². The van der Waals surface area contributed by atoms with Crippen LogP contribution >= 0.6 is 0 Å². The molecule has 0 saturated heterocycles. The molecule has 0 bridgehead atoms. The lowest BCUT2D eigenvalue weighted by Gasteiger charge is -2.16. The van der Waals surface area contributed by atoms with Gasteiger partial charge in [0.2, 0.25) is 0 Å². The monoisotopic (exact) mass is 242 g/mol. The summed E-state index contributed by atoms with van der Waals surface area (Å²) in [7, 11) is 0. The molecule has 4 heteroatoms. The molecule has 0 radical (unpaired) electrons. The third-order valence-corrected chi connectivity index (χ3v) is 2.55. The molecule has 0 aliphatic rings. The number of Topliss-reactive ketones (excluding diaryl/α,β-unsaturated/α-hetero) is 1. The lowest BCUT2D eigenvalue weighted by molar-refractivity contribution is 0.101. The van der Waals surface area contributed by atoms with Crippen molar-refractivity contribution in [1.29, 1.82) is 0 Å². The highest BCUT2D eigenvalue weighted by molar-refractivity contribution is 5.96.